The highest BCUT2D eigenvalue weighted by Gasteiger charge is 2.74. The summed E-state index contributed by atoms with van der Waals surface area (Å²) in [6.45, 7) is 11.1. The van der Waals surface area contributed by atoms with Gasteiger partial charge in [-0.15, -0.1) is 0 Å². The van der Waals surface area contributed by atoms with Crippen molar-refractivity contribution in [3.05, 3.63) is 120 Å². The van der Waals surface area contributed by atoms with E-state index in [0.717, 1.165) is 16.7 Å². The molecule has 0 aliphatic carbocycles. The number of nitrogen functional groups attached to an aromatic ring is 1. The average Bonchev–Trinajstić information content (AvgIpc) is 3.63. The fourth-order valence-electron chi connectivity index (χ4n) is 7.43. The summed E-state index contributed by atoms with van der Waals surface area (Å²) >= 11 is 0. The number of ether oxygens (including phenoxy) is 1. The Bertz CT molecular complexity index is 1720. The van der Waals surface area contributed by atoms with Crippen LogP contribution in [0.3, 0.4) is 0 Å². The first-order chi connectivity index (χ1) is 22.4. The monoisotopic (exact) mass is 653 g/mol. The number of hydrogen-bond donors (Lipinski definition) is 3. The molecule has 3 heterocycles. The Kier molecular flexibility index (Phi) is 8.58. The second-order valence-corrected chi connectivity index (χ2v) is 19.2. The molecule has 246 valence electrons. The van der Waals surface area contributed by atoms with Gasteiger partial charge >= 0.3 is 0 Å². The summed E-state index contributed by atoms with van der Waals surface area (Å²) in [5.41, 5.74) is 8.49. The zero-order valence-electron chi connectivity index (χ0n) is 27.6. The number of aliphatic hydroxyl groups excluding tert-OH is 2. The minimum Gasteiger partial charge on any atom is -0.387 e. The first-order valence-corrected chi connectivity index (χ1v) is 18.8. The molecule has 1 fully saturated rings. The van der Waals surface area contributed by atoms with Crippen molar-refractivity contribution in [3.63, 3.8) is 0 Å². The van der Waals surface area contributed by atoms with E-state index < -0.39 is 43.3 Å². The van der Waals surface area contributed by atoms with Crippen LogP contribution in [0, 0.1) is 0 Å². The lowest BCUT2D eigenvalue weighted by Crippen LogP contribution is -2.78. The standard InChI is InChI=1S/C36H43N5O5Si/c1-34(2,3)47(5,6)36(46-44-4,30-28(42)29(43)33(45-30)41-23-40-27-31(37)38-22-39-32(27)41)35(24-16-10-7-11-17-24,25-18-12-8-13-19-25)26-20-14-9-15-21-26/h7-23,28-30,33,42-43H,1-6H3,(H2,37,38,39)/t28-,29+,30-,33+,36?/m0/s1. The van der Waals surface area contributed by atoms with Gasteiger partial charge in [0.05, 0.1) is 18.9 Å². The van der Waals surface area contributed by atoms with E-state index in [1.54, 1.807) is 4.57 Å². The Morgan fingerprint density at radius 3 is 1.77 bits per heavy atom. The van der Waals surface area contributed by atoms with Crippen molar-refractivity contribution in [3.8, 4) is 0 Å². The smallest absolute Gasteiger partial charge is 0.167 e. The number of benzene rings is 3. The van der Waals surface area contributed by atoms with Gasteiger partial charge in [-0.2, -0.15) is 0 Å². The Hall–Kier alpha value is -3.97. The van der Waals surface area contributed by atoms with Crippen molar-refractivity contribution >= 4 is 25.1 Å². The normalized spacial score (nSPS) is 22.0. The van der Waals surface area contributed by atoms with Crippen LogP contribution in [0.5, 0.6) is 0 Å². The van der Waals surface area contributed by atoms with Crippen molar-refractivity contribution in [2.45, 2.75) is 74.1 Å². The number of hydrogen-bond acceptors (Lipinski definition) is 9. The lowest BCUT2D eigenvalue weighted by Gasteiger charge is -2.62. The van der Waals surface area contributed by atoms with E-state index in [9.17, 15) is 10.2 Å². The molecule has 3 aromatic carbocycles. The van der Waals surface area contributed by atoms with Crippen LogP contribution >= 0.6 is 0 Å². The molecule has 1 aliphatic heterocycles. The Balaban J connectivity index is 1.74. The van der Waals surface area contributed by atoms with Crippen LogP contribution in [-0.2, 0) is 19.9 Å². The minimum atomic E-state index is -3.02. The second kappa shape index (κ2) is 12.2. The maximum absolute atomic E-state index is 12.4. The quantitative estimate of drug-likeness (QED) is 0.0823. The Labute approximate surface area is 276 Å². The van der Waals surface area contributed by atoms with Gasteiger partial charge in [-0.25, -0.2) is 24.7 Å². The summed E-state index contributed by atoms with van der Waals surface area (Å²) < 4.78 is 8.60. The SMILES string of the molecule is COOC([C@H]1O[C@@H](n2cnc3c(N)ncnc32)[C@H](O)[C@@H]1O)(C(c1ccccc1)(c1ccccc1)c1ccccc1)[Si](C)(C)C(C)(C)C. The van der Waals surface area contributed by atoms with Crippen molar-refractivity contribution in [2.24, 2.45) is 0 Å². The van der Waals surface area contributed by atoms with E-state index in [1.165, 1.54) is 19.8 Å². The molecule has 0 spiro atoms. The zero-order chi connectivity index (χ0) is 33.6. The van der Waals surface area contributed by atoms with Crippen LogP contribution in [0.15, 0.2) is 104 Å². The highest BCUT2D eigenvalue weighted by molar-refractivity contribution is 6.83. The molecule has 0 radical (unpaired) electrons. The number of aromatic nitrogens is 4. The van der Waals surface area contributed by atoms with Crippen LogP contribution in [0.4, 0.5) is 5.82 Å². The van der Waals surface area contributed by atoms with Gasteiger partial charge in [-0.3, -0.25) is 4.57 Å². The van der Waals surface area contributed by atoms with E-state index in [4.69, 9.17) is 20.2 Å². The highest BCUT2D eigenvalue weighted by atomic mass is 28.3. The van der Waals surface area contributed by atoms with Crippen molar-refractivity contribution in [1.29, 1.82) is 0 Å². The minimum absolute atomic E-state index is 0.202. The zero-order valence-corrected chi connectivity index (χ0v) is 28.6. The molecule has 6 rings (SSSR count). The molecule has 4 N–H and O–H groups in total. The third-order valence-corrected chi connectivity index (χ3v) is 16.8. The largest absolute Gasteiger partial charge is 0.387 e. The summed E-state index contributed by atoms with van der Waals surface area (Å²) in [7, 11) is -1.52. The summed E-state index contributed by atoms with van der Waals surface area (Å²) in [5.74, 6) is 0.202. The molecule has 1 saturated heterocycles. The third kappa shape index (κ3) is 4.83. The molecule has 11 heteroatoms. The molecule has 5 atom stereocenters. The van der Waals surface area contributed by atoms with Gasteiger partial charge in [0.25, 0.3) is 0 Å². The predicted molar refractivity (Wildman–Crippen MR) is 183 cm³/mol. The van der Waals surface area contributed by atoms with E-state index in [-0.39, 0.29) is 10.9 Å². The van der Waals surface area contributed by atoms with Gasteiger partial charge in [0.15, 0.2) is 17.7 Å². The number of nitrogens with zero attached hydrogens (tertiary/aromatic N) is 4. The topological polar surface area (TPSA) is 138 Å². The summed E-state index contributed by atoms with van der Waals surface area (Å²) in [6.07, 6.45) is -2.18. The maximum atomic E-state index is 12.4. The van der Waals surface area contributed by atoms with Gasteiger partial charge in [0.1, 0.15) is 43.5 Å². The fraction of sp³-hybridized carbons (Fsp3) is 0.361. The third-order valence-electron chi connectivity index (χ3n) is 10.5. The molecule has 1 unspecified atom stereocenters. The van der Waals surface area contributed by atoms with Gasteiger partial charge in [-0.05, 0) is 21.7 Å². The molecule has 0 amide bonds. The molecule has 0 saturated carbocycles. The Morgan fingerprint density at radius 2 is 1.30 bits per heavy atom. The molecular formula is C36H43N5O5Si. The molecule has 47 heavy (non-hydrogen) atoms. The van der Waals surface area contributed by atoms with Gasteiger partial charge in [0, 0.05) is 0 Å². The fourth-order valence-corrected chi connectivity index (χ4v) is 11.2. The first kappa shape index (κ1) is 32.9. The molecule has 0 bridgehead atoms. The van der Waals surface area contributed by atoms with Crippen LogP contribution < -0.4 is 5.73 Å². The van der Waals surface area contributed by atoms with E-state index >= 15 is 0 Å². The molecular weight excluding hydrogens is 611 g/mol. The number of rotatable bonds is 9. The average molecular weight is 654 g/mol. The second-order valence-electron chi connectivity index (χ2n) is 13.7. The van der Waals surface area contributed by atoms with Crippen molar-refractivity contribution in [2.75, 3.05) is 12.8 Å². The van der Waals surface area contributed by atoms with Crippen LogP contribution in [0.2, 0.25) is 18.1 Å². The predicted octanol–water partition coefficient (Wildman–Crippen LogP) is 5.43. The van der Waals surface area contributed by atoms with Crippen molar-refractivity contribution < 1.29 is 24.7 Å². The van der Waals surface area contributed by atoms with Crippen molar-refractivity contribution in [1.82, 2.24) is 19.5 Å². The van der Waals surface area contributed by atoms with Crippen LogP contribution in [-0.4, -0.2) is 68.5 Å². The summed E-state index contributed by atoms with van der Waals surface area (Å²) in [6, 6.07) is 30.5. The number of aliphatic hydroxyl groups is 2. The molecule has 5 aromatic rings. The van der Waals surface area contributed by atoms with E-state index in [2.05, 4.69) is 85.2 Å². The number of fused-ring (bicyclic) bond motifs is 1. The highest BCUT2D eigenvalue weighted by Crippen LogP contribution is 2.62. The molecule has 2 aromatic heterocycles. The van der Waals surface area contributed by atoms with Gasteiger partial charge < -0.3 is 20.7 Å². The Morgan fingerprint density at radius 1 is 0.787 bits per heavy atom. The van der Waals surface area contributed by atoms with E-state index in [1.807, 2.05) is 54.6 Å². The lowest BCUT2D eigenvalue weighted by molar-refractivity contribution is -0.358. The summed E-state index contributed by atoms with van der Waals surface area (Å²) in [4.78, 5) is 25.7. The number of imidazole rings is 1. The lowest BCUT2D eigenvalue weighted by atomic mass is 9.63. The van der Waals surface area contributed by atoms with Crippen LogP contribution in [0.1, 0.15) is 43.7 Å². The molecule has 10 nitrogen and oxygen atoms in total. The van der Waals surface area contributed by atoms with Gasteiger partial charge in [0.2, 0.25) is 0 Å². The van der Waals surface area contributed by atoms with Crippen LogP contribution in [0.25, 0.3) is 11.2 Å². The summed E-state index contributed by atoms with van der Waals surface area (Å²) in [5, 5.41) is 22.5. The first-order valence-electron chi connectivity index (χ1n) is 15.8. The molecule has 1 aliphatic rings. The number of anilines is 1. The van der Waals surface area contributed by atoms with Gasteiger partial charge in [-0.1, -0.05) is 125 Å². The van der Waals surface area contributed by atoms with E-state index in [0.29, 0.717) is 11.2 Å². The number of nitrogens with two attached hydrogens (primary N) is 1. The maximum Gasteiger partial charge on any atom is 0.167 e.